The Morgan fingerprint density at radius 3 is 3.16 bits per heavy atom. The number of nitrogens with one attached hydrogen (secondary N) is 2. The molecule has 0 radical (unpaired) electrons. The monoisotopic (exact) mass is 323 g/mol. The van der Waals surface area contributed by atoms with Crippen molar-refractivity contribution in [2.45, 2.75) is 19.4 Å². The van der Waals surface area contributed by atoms with E-state index in [2.05, 4.69) is 43.9 Å². The number of rotatable bonds is 3. The van der Waals surface area contributed by atoms with E-state index in [1.54, 1.807) is 0 Å². The van der Waals surface area contributed by atoms with Crippen molar-refractivity contribution in [3.63, 3.8) is 0 Å². The van der Waals surface area contributed by atoms with Gasteiger partial charge in [0.25, 0.3) is 0 Å². The standard InChI is InChI=1S/C14H18BrN3O/c1-2-19-13-4-3-9(7-11(13)15)14-10-8-16-6-5-12(10)17-18-14/h3-4,7,10,14,16,18H,2,5-6,8H2,1H3. The molecule has 0 bridgehead atoms. The molecule has 2 atom stereocenters. The number of hydrogen-bond donors (Lipinski definition) is 2. The van der Waals surface area contributed by atoms with Gasteiger partial charge in [-0.05, 0) is 40.5 Å². The highest BCUT2D eigenvalue weighted by Gasteiger charge is 2.34. The van der Waals surface area contributed by atoms with Crippen LogP contribution in [0.15, 0.2) is 27.8 Å². The topological polar surface area (TPSA) is 45.6 Å². The lowest BCUT2D eigenvalue weighted by atomic mass is 9.87. The van der Waals surface area contributed by atoms with Crippen LogP contribution in [0, 0.1) is 5.92 Å². The van der Waals surface area contributed by atoms with E-state index in [1.165, 1.54) is 11.3 Å². The number of hydrazone groups is 1. The molecule has 2 aliphatic rings. The maximum Gasteiger partial charge on any atom is 0.133 e. The van der Waals surface area contributed by atoms with Crippen molar-refractivity contribution < 1.29 is 4.74 Å². The Morgan fingerprint density at radius 2 is 2.37 bits per heavy atom. The lowest BCUT2D eigenvalue weighted by Crippen LogP contribution is -2.38. The van der Waals surface area contributed by atoms with Crippen molar-refractivity contribution in [2.75, 3.05) is 19.7 Å². The summed E-state index contributed by atoms with van der Waals surface area (Å²) in [5.74, 6) is 1.37. The predicted octanol–water partition coefficient (Wildman–Crippen LogP) is 2.46. The largest absolute Gasteiger partial charge is 0.493 e. The van der Waals surface area contributed by atoms with E-state index >= 15 is 0 Å². The Morgan fingerprint density at radius 1 is 1.47 bits per heavy atom. The molecule has 5 heteroatoms. The minimum absolute atomic E-state index is 0.273. The molecule has 0 saturated carbocycles. The lowest BCUT2D eigenvalue weighted by molar-refractivity contribution is 0.337. The summed E-state index contributed by atoms with van der Waals surface area (Å²) in [6, 6.07) is 6.56. The van der Waals surface area contributed by atoms with Crippen molar-refractivity contribution in [3.05, 3.63) is 28.2 Å². The molecule has 1 aromatic rings. The molecule has 4 nitrogen and oxygen atoms in total. The number of nitrogens with zero attached hydrogens (tertiary/aromatic N) is 1. The second-order valence-corrected chi connectivity index (χ2v) is 5.75. The molecular formula is C14H18BrN3O. The molecule has 102 valence electrons. The van der Waals surface area contributed by atoms with Crippen LogP contribution in [-0.2, 0) is 0 Å². The van der Waals surface area contributed by atoms with Crippen LogP contribution >= 0.6 is 15.9 Å². The van der Waals surface area contributed by atoms with E-state index in [0.717, 1.165) is 29.7 Å². The van der Waals surface area contributed by atoms with Crippen LogP contribution in [0.4, 0.5) is 0 Å². The minimum Gasteiger partial charge on any atom is -0.493 e. The van der Waals surface area contributed by atoms with Crippen LogP contribution in [0.2, 0.25) is 0 Å². The van der Waals surface area contributed by atoms with Gasteiger partial charge >= 0.3 is 0 Å². The van der Waals surface area contributed by atoms with E-state index in [-0.39, 0.29) is 6.04 Å². The van der Waals surface area contributed by atoms with Gasteiger partial charge in [0.15, 0.2) is 0 Å². The van der Waals surface area contributed by atoms with Gasteiger partial charge in [-0.1, -0.05) is 6.07 Å². The van der Waals surface area contributed by atoms with Gasteiger partial charge in [-0.2, -0.15) is 5.10 Å². The fourth-order valence-electron chi connectivity index (χ4n) is 2.76. The van der Waals surface area contributed by atoms with Gasteiger partial charge < -0.3 is 15.5 Å². The molecule has 2 unspecified atom stereocenters. The summed E-state index contributed by atoms with van der Waals surface area (Å²) in [7, 11) is 0. The average molecular weight is 324 g/mol. The number of fused-ring (bicyclic) bond motifs is 1. The second-order valence-electron chi connectivity index (χ2n) is 4.89. The van der Waals surface area contributed by atoms with Gasteiger partial charge in [0.05, 0.1) is 17.1 Å². The summed E-state index contributed by atoms with van der Waals surface area (Å²) < 4.78 is 6.56. The second kappa shape index (κ2) is 5.51. The zero-order valence-electron chi connectivity index (χ0n) is 10.9. The van der Waals surface area contributed by atoms with Crippen LogP contribution in [0.1, 0.15) is 24.9 Å². The third kappa shape index (κ3) is 2.49. The van der Waals surface area contributed by atoms with Crippen molar-refractivity contribution in [1.82, 2.24) is 10.7 Å². The van der Waals surface area contributed by atoms with Crippen molar-refractivity contribution in [3.8, 4) is 5.75 Å². The van der Waals surface area contributed by atoms with Crippen molar-refractivity contribution >= 4 is 21.6 Å². The molecule has 1 fully saturated rings. The average Bonchev–Trinajstić information content (AvgIpc) is 2.85. The van der Waals surface area contributed by atoms with E-state index in [0.29, 0.717) is 12.5 Å². The number of hydrogen-bond acceptors (Lipinski definition) is 4. The van der Waals surface area contributed by atoms with Gasteiger partial charge in [0.1, 0.15) is 5.75 Å². The fourth-order valence-corrected chi connectivity index (χ4v) is 3.27. The fraction of sp³-hybridized carbons (Fsp3) is 0.500. The number of ether oxygens (including phenoxy) is 1. The zero-order chi connectivity index (χ0) is 13.2. The molecule has 0 spiro atoms. The first-order chi connectivity index (χ1) is 9.29. The molecule has 3 rings (SSSR count). The van der Waals surface area contributed by atoms with E-state index in [9.17, 15) is 0 Å². The molecule has 2 heterocycles. The minimum atomic E-state index is 0.273. The summed E-state index contributed by atoms with van der Waals surface area (Å²) in [5.41, 5.74) is 5.83. The predicted molar refractivity (Wildman–Crippen MR) is 79.6 cm³/mol. The normalized spacial score (nSPS) is 25.5. The molecule has 0 amide bonds. The summed E-state index contributed by atoms with van der Waals surface area (Å²) in [5, 5.41) is 7.93. The Labute approximate surface area is 121 Å². The Kier molecular flexibility index (Phi) is 3.75. The van der Waals surface area contributed by atoms with Gasteiger partial charge in [0.2, 0.25) is 0 Å². The van der Waals surface area contributed by atoms with Crippen LogP contribution in [0.3, 0.4) is 0 Å². The summed E-state index contributed by atoms with van der Waals surface area (Å²) >= 11 is 3.58. The molecule has 2 N–H and O–H groups in total. The van der Waals surface area contributed by atoms with Gasteiger partial charge in [-0.25, -0.2) is 0 Å². The summed E-state index contributed by atoms with van der Waals surface area (Å²) in [6.45, 7) is 4.71. The van der Waals surface area contributed by atoms with Gasteiger partial charge in [-0.15, -0.1) is 0 Å². The molecule has 2 aliphatic heterocycles. The maximum absolute atomic E-state index is 5.55. The zero-order valence-corrected chi connectivity index (χ0v) is 12.5. The van der Waals surface area contributed by atoms with Crippen LogP contribution < -0.4 is 15.5 Å². The number of benzene rings is 1. The van der Waals surface area contributed by atoms with Crippen LogP contribution in [0.25, 0.3) is 0 Å². The number of piperidine rings is 1. The highest BCUT2D eigenvalue weighted by Crippen LogP contribution is 2.34. The number of halogens is 1. The third-order valence-electron chi connectivity index (χ3n) is 3.71. The quantitative estimate of drug-likeness (QED) is 0.898. The van der Waals surface area contributed by atoms with E-state index in [1.807, 2.05) is 13.0 Å². The highest BCUT2D eigenvalue weighted by atomic mass is 79.9. The first kappa shape index (κ1) is 12.9. The maximum atomic E-state index is 5.55. The molecule has 0 aromatic heterocycles. The first-order valence-electron chi connectivity index (χ1n) is 6.74. The smallest absolute Gasteiger partial charge is 0.133 e. The van der Waals surface area contributed by atoms with Gasteiger partial charge in [0, 0.05) is 31.1 Å². The van der Waals surface area contributed by atoms with E-state index < -0.39 is 0 Å². The highest BCUT2D eigenvalue weighted by molar-refractivity contribution is 9.10. The Balaban J connectivity index is 1.81. The molecule has 0 aliphatic carbocycles. The summed E-state index contributed by atoms with van der Waals surface area (Å²) in [4.78, 5) is 0. The Bertz CT molecular complexity index is 503. The lowest BCUT2D eigenvalue weighted by Gasteiger charge is -2.25. The molecule has 1 saturated heterocycles. The summed E-state index contributed by atoms with van der Waals surface area (Å²) in [6.07, 6.45) is 1.05. The Hall–Kier alpha value is -1.07. The third-order valence-corrected chi connectivity index (χ3v) is 4.33. The first-order valence-corrected chi connectivity index (χ1v) is 7.54. The van der Waals surface area contributed by atoms with Crippen LogP contribution in [-0.4, -0.2) is 25.4 Å². The van der Waals surface area contributed by atoms with Crippen LogP contribution in [0.5, 0.6) is 5.75 Å². The molecule has 19 heavy (non-hydrogen) atoms. The SMILES string of the molecule is CCOc1ccc(C2NN=C3CCNCC32)cc1Br. The van der Waals surface area contributed by atoms with Crippen molar-refractivity contribution in [1.29, 1.82) is 0 Å². The molecule has 1 aromatic carbocycles. The van der Waals surface area contributed by atoms with Gasteiger partial charge in [-0.3, -0.25) is 0 Å². The van der Waals surface area contributed by atoms with E-state index in [4.69, 9.17) is 4.74 Å². The van der Waals surface area contributed by atoms with Crippen molar-refractivity contribution in [2.24, 2.45) is 11.0 Å². The molecular weight excluding hydrogens is 306 g/mol.